The molecule has 1 aromatic carbocycles. The summed E-state index contributed by atoms with van der Waals surface area (Å²) in [6.07, 6.45) is 2.02. The van der Waals surface area contributed by atoms with Crippen molar-refractivity contribution in [3.8, 4) is 5.75 Å². The maximum Gasteiger partial charge on any atom is 0.325 e. The van der Waals surface area contributed by atoms with Crippen molar-refractivity contribution in [3.63, 3.8) is 0 Å². The van der Waals surface area contributed by atoms with E-state index in [0.717, 1.165) is 5.56 Å². The monoisotopic (exact) mass is 380 g/mol. The van der Waals surface area contributed by atoms with Crippen LogP contribution in [0.2, 0.25) is 0 Å². The fraction of sp³-hybridized carbons (Fsp3) is 0.526. The highest BCUT2D eigenvalue weighted by Gasteiger charge is 2.38. The average molecular weight is 380 g/mol. The number of amides is 2. The number of carbonyl (C=O) groups excluding carboxylic acids is 3. The maximum absolute atomic E-state index is 13.6. The summed E-state index contributed by atoms with van der Waals surface area (Å²) in [6, 6.07) is 4.58. The molecule has 27 heavy (non-hydrogen) atoms. The molecule has 0 bridgehead atoms. The first-order valence-corrected chi connectivity index (χ1v) is 8.73. The quantitative estimate of drug-likeness (QED) is 0.690. The van der Waals surface area contributed by atoms with Gasteiger partial charge in [0.15, 0.2) is 11.6 Å². The molecule has 1 fully saturated rings. The van der Waals surface area contributed by atoms with Crippen molar-refractivity contribution in [2.75, 3.05) is 27.8 Å². The van der Waals surface area contributed by atoms with Crippen LogP contribution in [-0.4, -0.2) is 56.0 Å². The van der Waals surface area contributed by atoms with Gasteiger partial charge in [-0.05, 0) is 37.0 Å². The Kier molecular flexibility index (Phi) is 6.76. The van der Waals surface area contributed by atoms with Gasteiger partial charge in [0, 0.05) is 25.4 Å². The lowest BCUT2D eigenvalue weighted by Gasteiger charge is -2.30. The number of hydrogen-bond donors (Lipinski definition) is 1. The molecule has 8 heteroatoms. The van der Waals surface area contributed by atoms with Gasteiger partial charge >= 0.3 is 5.97 Å². The van der Waals surface area contributed by atoms with E-state index in [1.54, 1.807) is 12.1 Å². The van der Waals surface area contributed by atoms with Crippen LogP contribution < -0.4 is 10.1 Å². The first-order chi connectivity index (χ1) is 12.8. The molecule has 1 aromatic rings. The largest absolute Gasteiger partial charge is 0.494 e. The number of likely N-dealkylation sites (N-methyl/N-ethyl adjacent to an activating group) is 1. The minimum absolute atomic E-state index is 0.0700. The average Bonchev–Trinajstić information content (AvgIpc) is 3.01. The highest BCUT2D eigenvalue weighted by atomic mass is 19.1. The summed E-state index contributed by atoms with van der Waals surface area (Å²) >= 11 is 0. The van der Waals surface area contributed by atoms with Crippen LogP contribution in [0, 0.1) is 5.82 Å². The number of ether oxygens (including phenoxy) is 2. The number of benzene rings is 1. The molecule has 1 saturated heterocycles. The first kappa shape index (κ1) is 20.7. The normalized spacial score (nSPS) is 18.7. The zero-order valence-electron chi connectivity index (χ0n) is 15.8. The lowest BCUT2D eigenvalue weighted by molar-refractivity contribution is -0.146. The molecule has 1 N–H and O–H groups in total. The molecule has 7 nitrogen and oxygen atoms in total. The van der Waals surface area contributed by atoms with Gasteiger partial charge in [0.1, 0.15) is 6.54 Å². The first-order valence-electron chi connectivity index (χ1n) is 8.73. The van der Waals surface area contributed by atoms with Gasteiger partial charge < -0.3 is 19.7 Å². The van der Waals surface area contributed by atoms with Crippen molar-refractivity contribution < 1.29 is 28.2 Å². The van der Waals surface area contributed by atoms with Crippen LogP contribution in [0.4, 0.5) is 4.39 Å². The minimum atomic E-state index is -0.582. The number of nitrogens with zero attached hydrogens (tertiary/aromatic N) is 1. The molecule has 1 atom stereocenters. The van der Waals surface area contributed by atoms with E-state index < -0.39 is 17.3 Å². The Morgan fingerprint density at radius 3 is 2.67 bits per heavy atom. The Hall–Kier alpha value is -2.64. The van der Waals surface area contributed by atoms with E-state index in [4.69, 9.17) is 4.74 Å². The number of halogens is 1. The molecule has 0 aromatic heterocycles. The summed E-state index contributed by atoms with van der Waals surface area (Å²) in [5.74, 6) is -1.09. The zero-order valence-corrected chi connectivity index (χ0v) is 15.8. The summed E-state index contributed by atoms with van der Waals surface area (Å²) in [5, 5.41) is 2.98. The Bertz CT molecular complexity index is 724. The smallest absolute Gasteiger partial charge is 0.325 e. The van der Waals surface area contributed by atoms with E-state index >= 15 is 0 Å². The Balaban J connectivity index is 2.07. The molecule has 1 aliphatic heterocycles. The standard InChI is InChI=1S/C19H25FN2O5/c1-22(12-18(25)27-3)17(24)7-9-19(8-6-16(23)21-19)11-13-4-5-14(20)15(10-13)26-2/h4-5,10H,6-9,11-12H2,1-3H3,(H,21,23). The van der Waals surface area contributed by atoms with E-state index in [1.807, 2.05) is 0 Å². The predicted molar refractivity (Wildman–Crippen MR) is 95.7 cm³/mol. The predicted octanol–water partition coefficient (Wildman–Crippen LogP) is 1.44. The summed E-state index contributed by atoms with van der Waals surface area (Å²) in [4.78, 5) is 36.8. The molecule has 0 spiro atoms. The van der Waals surface area contributed by atoms with Gasteiger partial charge in [0.25, 0.3) is 0 Å². The van der Waals surface area contributed by atoms with Crippen molar-refractivity contribution in [1.82, 2.24) is 10.2 Å². The lowest BCUT2D eigenvalue weighted by Crippen LogP contribution is -2.45. The third-order valence-electron chi connectivity index (χ3n) is 4.83. The third kappa shape index (κ3) is 5.42. The molecule has 0 radical (unpaired) electrons. The van der Waals surface area contributed by atoms with E-state index in [2.05, 4.69) is 10.1 Å². The van der Waals surface area contributed by atoms with E-state index in [0.29, 0.717) is 25.7 Å². The van der Waals surface area contributed by atoms with E-state index in [1.165, 1.54) is 32.2 Å². The van der Waals surface area contributed by atoms with Crippen LogP contribution in [0.1, 0.15) is 31.2 Å². The molecular formula is C19H25FN2O5. The van der Waals surface area contributed by atoms with Crippen LogP contribution in [0.25, 0.3) is 0 Å². The van der Waals surface area contributed by atoms with Crippen molar-refractivity contribution >= 4 is 17.8 Å². The van der Waals surface area contributed by atoms with Crippen molar-refractivity contribution in [2.45, 2.75) is 37.6 Å². The Morgan fingerprint density at radius 1 is 1.33 bits per heavy atom. The number of nitrogens with one attached hydrogen (secondary N) is 1. The SMILES string of the molecule is COC(=O)CN(C)C(=O)CCC1(Cc2ccc(F)c(OC)c2)CCC(=O)N1. The number of esters is 1. The molecule has 0 saturated carbocycles. The van der Waals surface area contributed by atoms with E-state index in [-0.39, 0.29) is 30.5 Å². The molecule has 1 heterocycles. The van der Waals surface area contributed by atoms with Gasteiger partial charge in [-0.2, -0.15) is 0 Å². The van der Waals surface area contributed by atoms with Gasteiger partial charge in [0.05, 0.1) is 14.2 Å². The highest BCUT2D eigenvalue weighted by molar-refractivity contribution is 5.82. The van der Waals surface area contributed by atoms with Crippen molar-refractivity contribution in [2.24, 2.45) is 0 Å². The third-order valence-corrected chi connectivity index (χ3v) is 4.83. The number of carbonyl (C=O) groups is 3. The van der Waals surface area contributed by atoms with Gasteiger partial charge in [-0.3, -0.25) is 14.4 Å². The van der Waals surface area contributed by atoms with Crippen LogP contribution in [0.3, 0.4) is 0 Å². The second-order valence-electron chi connectivity index (χ2n) is 6.80. The summed E-state index contributed by atoms with van der Waals surface area (Å²) < 4.78 is 23.2. The van der Waals surface area contributed by atoms with Crippen LogP contribution in [-0.2, 0) is 25.5 Å². The second-order valence-corrected chi connectivity index (χ2v) is 6.80. The molecule has 1 aliphatic rings. The molecule has 148 valence electrons. The lowest BCUT2D eigenvalue weighted by atomic mass is 9.84. The van der Waals surface area contributed by atoms with Gasteiger partial charge in [-0.15, -0.1) is 0 Å². The molecule has 2 rings (SSSR count). The van der Waals surface area contributed by atoms with Crippen LogP contribution >= 0.6 is 0 Å². The summed E-state index contributed by atoms with van der Waals surface area (Å²) in [5.41, 5.74) is 0.229. The topological polar surface area (TPSA) is 84.9 Å². The molecule has 1 unspecified atom stereocenters. The fourth-order valence-electron chi connectivity index (χ4n) is 3.27. The molecule has 2 amide bonds. The van der Waals surface area contributed by atoms with Crippen molar-refractivity contribution in [1.29, 1.82) is 0 Å². The fourth-order valence-corrected chi connectivity index (χ4v) is 3.27. The Morgan fingerprint density at radius 2 is 2.07 bits per heavy atom. The zero-order chi connectivity index (χ0) is 20.0. The van der Waals surface area contributed by atoms with E-state index in [9.17, 15) is 18.8 Å². The highest BCUT2D eigenvalue weighted by Crippen LogP contribution is 2.31. The summed E-state index contributed by atoms with van der Waals surface area (Å²) in [7, 11) is 4.19. The minimum Gasteiger partial charge on any atom is -0.494 e. The number of methoxy groups -OCH3 is 2. The van der Waals surface area contributed by atoms with Gasteiger partial charge in [-0.25, -0.2) is 4.39 Å². The second kappa shape index (κ2) is 8.83. The molecular weight excluding hydrogens is 355 g/mol. The van der Waals surface area contributed by atoms with Gasteiger partial charge in [-0.1, -0.05) is 6.07 Å². The molecule has 0 aliphatic carbocycles. The summed E-state index contributed by atoms with van der Waals surface area (Å²) in [6.45, 7) is -0.121. The number of rotatable bonds is 8. The van der Waals surface area contributed by atoms with Gasteiger partial charge in [0.2, 0.25) is 11.8 Å². The van der Waals surface area contributed by atoms with Crippen molar-refractivity contribution in [3.05, 3.63) is 29.6 Å². The number of hydrogen-bond acceptors (Lipinski definition) is 5. The van der Waals surface area contributed by atoms with Crippen LogP contribution in [0.5, 0.6) is 5.75 Å². The Labute approximate surface area is 157 Å². The van der Waals surface area contributed by atoms with Crippen LogP contribution in [0.15, 0.2) is 18.2 Å². The maximum atomic E-state index is 13.6.